The number of hydrogen-bond donors (Lipinski definition) is 2. The van der Waals surface area contributed by atoms with E-state index < -0.39 is 18.7 Å². The molecule has 0 saturated carbocycles. The maximum absolute atomic E-state index is 13.0. The second kappa shape index (κ2) is 12.2. The minimum absolute atomic E-state index is 0.107. The summed E-state index contributed by atoms with van der Waals surface area (Å²) >= 11 is 0. The lowest BCUT2D eigenvalue weighted by Crippen LogP contribution is -2.51. The lowest BCUT2D eigenvalue weighted by Gasteiger charge is -2.26. The highest BCUT2D eigenvalue weighted by atomic mass is 16.6. The van der Waals surface area contributed by atoms with Crippen molar-refractivity contribution in [1.82, 2.24) is 15.1 Å². The van der Waals surface area contributed by atoms with E-state index in [1.165, 1.54) is 0 Å². The number of ether oxygens (including phenoxy) is 1. The summed E-state index contributed by atoms with van der Waals surface area (Å²) in [5, 5.41) is 14.6. The first-order valence-electron chi connectivity index (χ1n) is 12.2. The van der Waals surface area contributed by atoms with Gasteiger partial charge in [0, 0.05) is 26.2 Å². The minimum Gasteiger partial charge on any atom is -0.445 e. The molecule has 36 heavy (non-hydrogen) atoms. The average molecular weight is 490 g/mol. The molecule has 1 saturated heterocycles. The van der Waals surface area contributed by atoms with Gasteiger partial charge in [-0.3, -0.25) is 9.59 Å². The number of benzene rings is 3. The highest BCUT2D eigenvalue weighted by molar-refractivity contribution is 5.89. The molecule has 8 nitrogen and oxygen atoms in total. The fourth-order valence-electron chi connectivity index (χ4n) is 4.32. The SMILES string of the molecule is O=C(Cc1ccc2ccccc2c1)N[C@@H](CO)C(=O)N1CCCN(C(=O)OCc2ccccc2)CC1. The largest absolute Gasteiger partial charge is 0.445 e. The van der Waals surface area contributed by atoms with Crippen molar-refractivity contribution >= 4 is 28.7 Å². The van der Waals surface area contributed by atoms with Gasteiger partial charge in [0.25, 0.3) is 0 Å². The molecule has 1 aliphatic heterocycles. The van der Waals surface area contributed by atoms with Crippen LogP contribution in [-0.2, 0) is 27.4 Å². The number of aliphatic hydroxyl groups excluding tert-OH is 1. The van der Waals surface area contributed by atoms with Gasteiger partial charge in [0.2, 0.25) is 11.8 Å². The van der Waals surface area contributed by atoms with Gasteiger partial charge in [0.15, 0.2) is 0 Å². The van der Waals surface area contributed by atoms with E-state index in [0.29, 0.717) is 32.6 Å². The first-order chi connectivity index (χ1) is 17.5. The first kappa shape index (κ1) is 25.2. The maximum atomic E-state index is 13.0. The number of carbonyl (C=O) groups is 3. The Morgan fingerprint density at radius 2 is 1.53 bits per heavy atom. The number of fused-ring (bicyclic) bond motifs is 1. The predicted octanol–water partition coefficient (Wildman–Crippen LogP) is 2.73. The minimum atomic E-state index is -1.03. The molecule has 0 aliphatic carbocycles. The highest BCUT2D eigenvalue weighted by Gasteiger charge is 2.28. The van der Waals surface area contributed by atoms with E-state index in [1.807, 2.05) is 72.8 Å². The van der Waals surface area contributed by atoms with E-state index >= 15 is 0 Å². The number of rotatable bonds is 7. The number of hydrogen-bond acceptors (Lipinski definition) is 5. The second-order valence-electron chi connectivity index (χ2n) is 8.87. The Hall–Kier alpha value is -3.91. The Balaban J connectivity index is 1.28. The molecule has 1 fully saturated rings. The van der Waals surface area contributed by atoms with Gasteiger partial charge in [-0.05, 0) is 28.3 Å². The fraction of sp³-hybridized carbons (Fsp3) is 0.321. The molecule has 2 N–H and O–H groups in total. The Morgan fingerprint density at radius 1 is 0.833 bits per heavy atom. The van der Waals surface area contributed by atoms with E-state index in [2.05, 4.69) is 5.32 Å². The number of aliphatic hydroxyl groups is 1. The summed E-state index contributed by atoms with van der Waals surface area (Å²) in [6.45, 7) is 1.21. The predicted molar refractivity (Wildman–Crippen MR) is 136 cm³/mol. The van der Waals surface area contributed by atoms with Crippen molar-refractivity contribution in [3.63, 3.8) is 0 Å². The molecule has 1 atom stereocenters. The van der Waals surface area contributed by atoms with Gasteiger partial charge in [-0.2, -0.15) is 0 Å². The normalized spacial score (nSPS) is 14.7. The van der Waals surface area contributed by atoms with Crippen molar-refractivity contribution in [2.75, 3.05) is 32.8 Å². The maximum Gasteiger partial charge on any atom is 0.410 e. The molecule has 3 aromatic rings. The van der Waals surface area contributed by atoms with Gasteiger partial charge in [-0.15, -0.1) is 0 Å². The van der Waals surface area contributed by atoms with E-state index in [9.17, 15) is 19.5 Å². The lowest BCUT2D eigenvalue weighted by molar-refractivity contribution is -0.137. The Kier molecular flexibility index (Phi) is 8.52. The average Bonchev–Trinajstić information content (AvgIpc) is 3.17. The number of carbonyl (C=O) groups excluding carboxylic acids is 3. The Morgan fingerprint density at radius 3 is 2.31 bits per heavy atom. The molecule has 1 heterocycles. The quantitative estimate of drug-likeness (QED) is 0.532. The fourth-order valence-corrected chi connectivity index (χ4v) is 4.32. The second-order valence-corrected chi connectivity index (χ2v) is 8.87. The summed E-state index contributed by atoms with van der Waals surface area (Å²) in [4.78, 5) is 41.4. The summed E-state index contributed by atoms with van der Waals surface area (Å²) in [5.74, 6) is -0.692. The van der Waals surface area contributed by atoms with Crippen LogP contribution in [0.4, 0.5) is 4.79 Å². The molecule has 3 amide bonds. The van der Waals surface area contributed by atoms with Gasteiger partial charge in [-0.25, -0.2) is 4.79 Å². The topological polar surface area (TPSA) is 99.2 Å². The van der Waals surface area contributed by atoms with Gasteiger partial charge < -0.3 is 25.0 Å². The van der Waals surface area contributed by atoms with Gasteiger partial charge in [-0.1, -0.05) is 72.8 Å². The van der Waals surface area contributed by atoms with Gasteiger partial charge >= 0.3 is 6.09 Å². The summed E-state index contributed by atoms with van der Waals surface area (Å²) in [7, 11) is 0. The number of nitrogens with zero attached hydrogens (tertiary/aromatic N) is 2. The molecule has 8 heteroatoms. The molecule has 0 bridgehead atoms. The standard InChI is InChI=1S/C28H31N3O5/c32-19-25(29-26(33)18-22-11-12-23-9-4-5-10-24(23)17-22)27(34)30-13-6-14-31(16-15-30)28(35)36-20-21-7-2-1-3-8-21/h1-5,7-12,17,25,32H,6,13-16,18-20H2,(H,29,33)/t25-/m0/s1. The number of amides is 3. The van der Waals surface area contributed by atoms with Crippen LogP contribution in [0.15, 0.2) is 72.8 Å². The van der Waals surface area contributed by atoms with E-state index in [0.717, 1.165) is 21.9 Å². The smallest absolute Gasteiger partial charge is 0.410 e. The zero-order valence-corrected chi connectivity index (χ0v) is 20.1. The van der Waals surface area contributed by atoms with Crippen molar-refractivity contribution in [1.29, 1.82) is 0 Å². The third kappa shape index (κ3) is 6.60. The van der Waals surface area contributed by atoms with Gasteiger partial charge in [0.1, 0.15) is 12.6 Å². The van der Waals surface area contributed by atoms with Crippen LogP contribution in [0, 0.1) is 0 Å². The zero-order valence-electron chi connectivity index (χ0n) is 20.1. The third-order valence-corrected chi connectivity index (χ3v) is 6.27. The van der Waals surface area contributed by atoms with Gasteiger partial charge in [0.05, 0.1) is 13.0 Å². The van der Waals surface area contributed by atoms with Crippen LogP contribution >= 0.6 is 0 Å². The molecule has 188 valence electrons. The van der Waals surface area contributed by atoms with E-state index in [-0.39, 0.29) is 24.8 Å². The summed E-state index contributed by atoms with van der Waals surface area (Å²) < 4.78 is 5.41. The van der Waals surface area contributed by atoms with Crippen molar-refractivity contribution in [2.45, 2.75) is 25.5 Å². The van der Waals surface area contributed by atoms with Crippen molar-refractivity contribution < 1.29 is 24.2 Å². The van der Waals surface area contributed by atoms with E-state index in [4.69, 9.17) is 4.74 Å². The third-order valence-electron chi connectivity index (χ3n) is 6.27. The summed E-state index contributed by atoms with van der Waals surface area (Å²) in [6.07, 6.45) is 0.265. The van der Waals surface area contributed by atoms with Crippen LogP contribution in [0.1, 0.15) is 17.5 Å². The summed E-state index contributed by atoms with van der Waals surface area (Å²) in [6, 6.07) is 22.1. The van der Waals surface area contributed by atoms with Crippen LogP contribution in [0.3, 0.4) is 0 Å². The molecule has 4 rings (SSSR count). The first-order valence-corrected chi connectivity index (χ1v) is 12.2. The monoisotopic (exact) mass is 489 g/mol. The molecule has 0 radical (unpaired) electrons. The lowest BCUT2D eigenvalue weighted by atomic mass is 10.0. The highest BCUT2D eigenvalue weighted by Crippen LogP contribution is 2.16. The molecule has 0 unspecified atom stereocenters. The van der Waals surface area contributed by atoms with Crippen molar-refractivity contribution in [3.05, 3.63) is 83.9 Å². The van der Waals surface area contributed by atoms with Crippen LogP contribution in [-0.4, -0.2) is 71.6 Å². The molecular weight excluding hydrogens is 458 g/mol. The molecule has 0 spiro atoms. The van der Waals surface area contributed by atoms with Crippen LogP contribution in [0.5, 0.6) is 0 Å². The van der Waals surface area contributed by atoms with Crippen LogP contribution in [0.2, 0.25) is 0 Å². The molecule has 0 aromatic heterocycles. The van der Waals surface area contributed by atoms with E-state index in [1.54, 1.807) is 9.80 Å². The Bertz CT molecular complexity index is 1200. The van der Waals surface area contributed by atoms with Crippen LogP contribution < -0.4 is 5.32 Å². The van der Waals surface area contributed by atoms with Crippen molar-refractivity contribution in [2.24, 2.45) is 0 Å². The molecule has 1 aliphatic rings. The number of nitrogens with one attached hydrogen (secondary N) is 1. The summed E-state index contributed by atoms with van der Waals surface area (Å²) in [5.41, 5.74) is 1.73. The molecular formula is C28H31N3O5. The van der Waals surface area contributed by atoms with Crippen molar-refractivity contribution in [3.8, 4) is 0 Å². The Labute approximate surface area is 210 Å². The molecule has 3 aromatic carbocycles. The van der Waals surface area contributed by atoms with Crippen LogP contribution in [0.25, 0.3) is 10.8 Å². The zero-order chi connectivity index (χ0) is 25.3.